The summed E-state index contributed by atoms with van der Waals surface area (Å²) < 4.78 is 5.43. The molecule has 5 rings (SSSR count). The van der Waals surface area contributed by atoms with Crippen LogP contribution in [0, 0.1) is 0 Å². The van der Waals surface area contributed by atoms with Crippen LogP contribution in [0.5, 0.6) is 5.75 Å². The largest absolute Gasteiger partial charge is 0.707 e. The maximum absolute atomic E-state index is 9.49. The van der Waals surface area contributed by atoms with Crippen molar-refractivity contribution in [3.05, 3.63) is 91.0 Å². The zero-order valence-electron chi connectivity index (χ0n) is 15.0. The van der Waals surface area contributed by atoms with E-state index in [1.165, 1.54) is 10.8 Å². The highest BCUT2D eigenvalue weighted by Crippen LogP contribution is 2.44. The Morgan fingerprint density at radius 2 is 1.04 bits per heavy atom. The molecule has 28 heavy (non-hydrogen) atoms. The lowest BCUT2D eigenvalue weighted by atomic mass is 9.88. The van der Waals surface area contributed by atoms with Gasteiger partial charge in [0.2, 0.25) is 0 Å². The maximum atomic E-state index is 9.49. The van der Waals surface area contributed by atoms with E-state index in [9.17, 15) is 10.0 Å². The van der Waals surface area contributed by atoms with E-state index in [0.29, 0.717) is 5.75 Å². The molecule has 4 heteroatoms. The third kappa shape index (κ3) is 2.62. The number of hydrogen-bond donors (Lipinski definition) is 2. The van der Waals surface area contributed by atoms with Gasteiger partial charge >= 0.3 is 7.32 Å². The summed E-state index contributed by atoms with van der Waals surface area (Å²) >= 11 is 0. The molecule has 0 amide bonds. The van der Waals surface area contributed by atoms with Crippen LogP contribution in [0.3, 0.4) is 0 Å². The molecular formula is C24H17BO3. The van der Waals surface area contributed by atoms with Crippen LogP contribution in [0.4, 0.5) is 0 Å². The molecule has 134 valence electrons. The minimum Gasteiger partial charge on any atom is -0.511 e. The molecule has 3 nitrogen and oxygen atoms in total. The third-order valence-corrected chi connectivity index (χ3v) is 5.16. The highest BCUT2D eigenvalue weighted by molar-refractivity contribution is 6.35. The fourth-order valence-electron chi connectivity index (χ4n) is 4.05. The van der Waals surface area contributed by atoms with Gasteiger partial charge < -0.3 is 14.7 Å². The SMILES string of the molecule is OB(O)Oc1c2ccccc2c(-c2cccc3ccccc23)c2ccccc12. The highest BCUT2D eigenvalue weighted by Gasteiger charge is 2.20. The Morgan fingerprint density at radius 1 is 0.536 bits per heavy atom. The molecule has 0 atom stereocenters. The Morgan fingerprint density at radius 3 is 1.64 bits per heavy atom. The van der Waals surface area contributed by atoms with Crippen molar-refractivity contribution in [3.63, 3.8) is 0 Å². The van der Waals surface area contributed by atoms with Gasteiger partial charge in [0.1, 0.15) is 5.75 Å². The summed E-state index contributed by atoms with van der Waals surface area (Å²) in [6, 6.07) is 30.5. The van der Waals surface area contributed by atoms with Gasteiger partial charge in [0, 0.05) is 10.8 Å². The van der Waals surface area contributed by atoms with Crippen LogP contribution in [0.15, 0.2) is 91.0 Å². The van der Waals surface area contributed by atoms with Crippen LogP contribution in [-0.2, 0) is 0 Å². The van der Waals surface area contributed by atoms with Crippen molar-refractivity contribution in [1.82, 2.24) is 0 Å². The Labute approximate surface area is 162 Å². The molecule has 2 N–H and O–H groups in total. The molecular weight excluding hydrogens is 347 g/mol. The molecule has 0 aliphatic carbocycles. The lowest BCUT2D eigenvalue weighted by Crippen LogP contribution is -2.21. The summed E-state index contributed by atoms with van der Waals surface area (Å²) in [4.78, 5) is 0. The lowest BCUT2D eigenvalue weighted by Gasteiger charge is -2.18. The van der Waals surface area contributed by atoms with E-state index in [4.69, 9.17) is 4.65 Å². The van der Waals surface area contributed by atoms with Crippen molar-refractivity contribution >= 4 is 39.6 Å². The predicted molar refractivity (Wildman–Crippen MR) is 115 cm³/mol. The van der Waals surface area contributed by atoms with E-state index in [1.807, 2.05) is 42.5 Å². The van der Waals surface area contributed by atoms with Crippen LogP contribution >= 0.6 is 0 Å². The number of rotatable bonds is 3. The third-order valence-electron chi connectivity index (χ3n) is 5.16. The van der Waals surface area contributed by atoms with Gasteiger partial charge in [0.05, 0.1) is 0 Å². The van der Waals surface area contributed by atoms with Crippen molar-refractivity contribution < 1.29 is 14.7 Å². The van der Waals surface area contributed by atoms with Crippen LogP contribution in [0.1, 0.15) is 0 Å². The predicted octanol–water partition coefficient (Wildman–Crippen LogP) is 5.16. The topological polar surface area (TPSA) is 49.7 Å². The first-order chi connectivity index (χ1) is 13.7. The zero-order chi connectivity index (χ0) is 19.1. The first kappa shape index (κ1) is 16.8. The molecule has 0 saturated heterocycles. The van der Waals surface area contributed by atoms with E-state index in [-0.39, 0.29) is 0 Å². The van der Waals surface area contributed by atoms with E-state index in [0.717, 1.165) is 32.7 Å². The maximum Gasteiger partial charge on any atom is 0.707 e. The van der Waals surface area contributed by atoms with E-state index in [1.54, 1.807) is 0 Å². The molecule has 0 bridgehead atoms. The molecule has 0 aliphatic rings. The molecule has 0 radical (unpaired) electrons. The number of benzene rings is 5. The zero-order valence-corrected chi connectivity index (χ0v) is 15.0. The van der Waals surface area contributed by atoms with Crippen LogP contribution in [0.25, 0.3) is 43.4 Å². The Kier molecular flexibility index (Phi) is 4.01. The van der Waals surface area contributed by atoms with Gasteiger partial charge in [-0.3, -0.25) is 0 Å². The molecule has 0 aromatic heterocycles. The van der Waals surface area contributed by atoms with Gasteiger partial charge in [-0.2, -0.15) is 0 Å². The molecule has 0 saturated carbocycles. The quantitative estimate of drug-likeness (QED) is 0.343. The summed E-state index contributed by atoms with van der Waals surface area (Å²) in [5.74, 6) is 0.477. The second kappa shape index (κ2) is 6.68. The fraction of sp³-hybridized carbons (Fsp3) is 0. The van der Waals surface area contributed by atoms with Crippen molar-refractivity contribution in [3.8, 4) is 16.9 Å². The Bertz CT molecular complexity index is 1270. The normalized spacial score (nSPS) is 11.2. The molecule has 0 unspecified atom stereocenters. The monoisotopic (exact) mass is 364 g/mol. The van der Waals surface area contributed by atoms with E-state index >= 15 is 0 Å². The first-order valence-electron chi connectivity index (χ1n) is 9.18. The summed E-state index contributed by atoms with van der Waals surface area (Å²) in [6.45, 7) is 0. The molecule has 5 aromatic carbocycles. The Balaban J connectivity index is 1.99. The average Bonchev–Trinajstić information content (AvgIpc) is 2.73. The summed E-state index contributed by atoms with van der Waals surface area (Å²) in [7, 11) is -1.88. The standard InChI is InChI=1S/C24H17BO3/c26-25(27)28-24-21-13-5-3-11-19(21)23(20-12-4-6-14-22(20)24)18-15-7-9-16-8-1-2-10-17(16)18/h1-15,26-27H. The second-order valence-corrected chi connectivity index (χ2v) is 6.77. The minimum atomic E-state index is -1.88. The Hall–Kier alpha value is -3.34. The average molecular weight is 364 g/mol. The summed E-state index contributed by atoms with van der Waals surface area (Å²) in [5.41, 5.74) is 2.25. The molecule has 5 aromatic rings. The van der Waals surface area contributed by atoms with Crippen molar-refractivity contribution in [2.45, 2.75) is 0 Å². The number of hydrogen-bond acceptors (Lipinski definition) is 3. The van der Waals surface area contributed by atoms with Gasteiger partial charge in [-0.05, 0) is 32.7 Å². The smallest absolute Gasteiger partial charge is 0.511 e. The van der Waals surface area contributed by atoms with E-state index in [2.05, 4.69) is 48.5 Å². The molecule has 0 aliphatic heterocycles. The van der Waals surface area contributed by atoms with Gasteiger partial charge in [0.15, 0.2) is 0 Å². The van der Waals surface area contributed by atoms with Crippen molar-refractivity contribution in [2.75, 3.05) is 0 Å². The van der Waals surface area contributed by atoms with E-state index < -0.39 is 7.32 Å². The molecule has 0 spiro atoms. The van der Waals surface area contributed by atoms with Gasteiger partial charge in [0.25, 0.3) is 0 Å². The van der Waals surface area contributed by atoms with Crippen LogP contribution in [0.2, 0.25) is 0 Å². The number of fused-ring (bicyclic) bond motifs is 3. The van der Waals surface area contributed by atoms with Crippen LogP contribution < -0.4 is 4.65 Å². The van der Waals surface area contributed by atoms with Gasteiger partial charge in [-0.25, -0.2) is 0 Å². The molecule has 0 heterocycles. The summed E-state index contributed by atoms with van der Waals surface area (Å²) in [6.07, 6.45) is 0. The first-order valence-corrected chi connectivity index (χ1v) is 9.18. The minimum absolute atomic E-state index is 0.477. The van der Waals surface area contributed by atoms with Crippen molar-refractivity contribution in [1.29, 1.82) is 0 Å². The van der Waals surface area contributed by atoms with Crippen LogP contribution in [-0.4, -0.2) is 17.4 Å². The summed E-state index contributed by atoms with van der Waals surface area (Å²) in [5, 5.41) is 25.0. The lowest BCUT2D eigenvalue weighted by molar-refractivity contribution is 0.291. The van der Waals surface area contributed by atoms with Crippen molar-refractivity contribution in [2.24, 2.45) is 0 Å². The highest BCUT2D eigenvalue weighted by atomic mass is 16.6. The molecule has 0 fully saturated rings. The fourth-order valence-corrected chi connectivity index (χ4v) is 4.05. The second-order valence-electron chi connectivity index (χ2n) is 6.77. The van der Waals surface area contributed by atoms with Gasteiger partial charge in [-0.1, -0.05) is 91.0 Å². The van der Waals surface area contributed by atoms with Gasteiger partial charge in [-0.15, -0.1) is 0 Å².